The molecular formula is C16H12ClF3N2O3S. The monoisotopic (exact) mass is 404 g/mol. The largest absolute Gasteiger partial charge is 0.479 e. The molecule has 3 N–H and O–H groups in total. The zero-order valence-electron chi connectivity index (χ0n) is 12.9. The average Bonchev–Trinajstić information content (AvgIpc) is 2.54. The van der Waals surface area contributed by atoms with Gasteiger partial charge in [-0.2, -0.15) is 13.2 Å². The number of carboxylic acids is 1. The van der Waals surface area contributed by atoms with E-state index in [0.717, 1.165) is 6.07 Å². The Morgan fingerprint density at radius 3 is 2.27 bits per heavy atom. The highest BCUT2D eigenvalue weighted by Gasteiger charge is 2.33. The first-order valence-corrected chi connectivity index (χ1v) is 8.26. The number of benzene rings is 2. The highest BCUT2D eigenvalue weighted by Crippen LogP contribution is 2.40. The molecule has 5 nitrogen and oxygen atoms in total. The van der Waals surface area contributed by atoms with Crippen LogP contribution in [0.15, 0.2) is 53.4 Å². The first kappa shape index (κ1) is 19.9. The van der Waals surface area contributed by atoms with Crippen LogP contribution in [0.5, 0.6) is 0 Å². The number of urea groups is 1. The van der Waals surface area contributed by atoms with Crippen LogP contribution in [0.1, 0.15) is 11.6 Å². The van der Waals surface area contributed by atoms with E-state index >= 15 is 0 Å². The fraction of sp³-hybridized carbons (Fsp3) is 0.125. The Hall–Kier alpha value is -2.39. The van der Waals surface area contributed by atoms with E-state index in [4.69, 9.17) is 11.6 Å². The van der Waals surface area contributed by atoms with E-state index in [9.17, 15) is 27.9 Å². The van der Waals surface area contributed by atoms with Crippen molar-refractivity contribution in [1.29, 1.82) is 0 Å². The Morgan fingerprint density at radius 1 is 1.08 bits per heavy atom. The maximum atomic E-state index is 12.7. The summed E-state index contributed by atoms with van der Waals surface area (Å²) in [5, 5.41) is 14.3. The summed E-state index contributed by atoms with van der Waals surface area (Å²) in [4.78, 5) is 23.2. The first-order chi connectivity index (χ1) is 12.2. The van der Waals surface area contributed by atoms with Crippen molar-refractivity contribution >= 4 is 41.1 Å². The molecule has 0 saturated carbocycles. The summed E-state index contributed by atoms with van der Waals surface area (Å²) >= 11 is 5.28. The van der Waals surface area contributed by atoms with Gasteiger partial charge < -0.3 is 15.7 Å². The quantitative estimate of drug-likeness (QED) is 0.619. The molecule has 138 valence electrons. The highest BCUT2D eigenvalue weighted by atomic mass is 35.5. The molecule has 0 aliphatic heterocycles. The molecule has 0 spiro atoms. The number of aliphatic carboxylic acids is 1. The van der Waals surface area contributed by atoms with Crippen LogP contribution in [0.3, 0.4) is 0 Å². The molecule has 0 aromatic heterocycles. The molecule has 1 unspecified atom stereocenters. The van der Waals surface area contributed by atoms with E-state index in [2.05, 4.69) is 10.6 Å². The number of thioether (sulfide) groups is 1. The van der Waals surface area contributed by atoms with Crippen molar-refractivity contribution < 1.29 is 27.9 Å². The highest BCUT2D eigenvalue weighted by molar-refractivity contribution is 8.00. The van der Waals surface area contributed by atoms with E-state index in [1.807, 2.05) is 0 Å². The smallest absolute Gasteiger partial charge is 0.446 e. The second-order valence-corrected chi connectivity index (χ2v) is 6.51. The maximum Gasteiger partial charge on any atom is 0.446 e. The van der Waals surface area contributed by atoms with Crippen LogP contribution in [-0.4, -0.2) is 22.6 Å². The van der Waals surface area contributed by atoms with Gasteiger partial charge in [0, 0.05) is 15.6 Å². The Morgan fingerprint density at radius 2 is 1.69 bits per heavy atom. The fourth-order valence-corrected chi connectivity index (χ4v) is 2.87. The second kappa shape index (κ2) is 8.33. The van der Waals surface area contributed by atoms with Crippen molar-refractivity contribution in [3.63, 3.8) is 0 Å². The zero-order valence-corrected chi connectivity index (χ0v) is 14.5. The van der Waals surface area contributed by atoms with Crippen molar-refractivity contribution in [2.24, 2.45) is 0 Å². The molecular weight excluding hydrogens is 393 g/mol. The van der Waals surface area contributed by atoms with Gasteiger partial charge in [0.1, 0.15) is 0 Å². The van der Waals surface area contributed by atoms with Crippen molar-refractivity contribution in [3.05, 3.63) is 59.1 Å². The third-order valence-electron chi connectivity index (χ3n) is 3.08. The predicted molar refractivity (Wildman–Crippen MR) is 92.3 cm³/mol. The number of alkyl halides is 3. The number of hydrogen-bond donors (Lipinski definition) is 3. The summed E-state index contributed by atoms with van der Waals surface area (Å²) in [6.07, 6.45) is 0. The van der Waals surface area contributed by atoms with Gasteiger partial charge in [-0.1, -0.05) is 29.8 Å². The molecule has 0 bridgehead atoms. The number of carbonyl (C=O) groups excluding carboxylic acids is 1. The zero-order chi connectivity index (χ0) is 19.3. The number of carboxylic acid groups (broad SMARTS) is 1. The molecule has 26 heavy (non-hydrogen) atoms. The number of rotatable bonds is 5. The lowest BCUT2D eigenvalue weighted by Gasteiger charge is -2.19. The normalized spacial score (nSPS) is 12.3. The molecule has 2 aromatic carbocycles. The summed E-state index contributed by atoms with van der Waals surface area (Å²) in [7, 11) is 0. The van der Waals surface area contributed by atoms with E-state index in [1.165, 1.54) is 42.5 Å². The summed E-state index contributed by atoms with van der Waals surface area (Å²) in [5.74, 6) is -1.49. The van der Waals surface area contributed by atoms with Gasteiger partial charge in [-0.25, -0.2) is 9.59 Å². The topological polar surface area (TPSA) is 78.4 Å². The minimum Gasteiger partial charge on any atom is -0.479 e. The molecule has 2 rings (SSSR count). The number of halogens is 4. The third kappa shape index (κ3) is 5.85. The minimum absolute atomic E-state index is 0.173. The minimum atomic E-state index is -4.59. The Bertz CT molecular complexity index is 800. The van der Waals surface area contributed by atoms with Crippen molar-refractivity contribution in [3.8, 4) is 0 Å². The average molecular weight is 405 g/mol. The van der Waals surface area contributed by atoms with Crippen LogP contribution in [0.2, 0.25) is 5.02 Å². The van der Waals surface area contributed by atoms with Gasteiger partial charge in [-0.05, 0) is 47.7 Å². The third-order valence-corrected chi connectivity index (χ3v) is 4.16. The van der Waals surface area contributed by atoms with Gasteiger partial charge in [0.25, 0.3) is 0 Å². The van der Waals surface area contributed by atoms with Crippen molar-refractivity contribution in [2.75, 3.05) is 5.32 Å². The van der Waals surface area contributed by atoms with Gasteiger partial charge in [0.05, 0.1) is 0 Å². The Balaban J connectivity index is 2.20. The first-order valence-electron chi connectivity index (χ1n) is 7.06. The summed E-state index contributed by atoms with van der Waals surface area (Å²) in [6, 6.07) is 8.57. The van der Waals surface area contributed by atoms with Gasteiger partial charge in [-0.15, -0.1) is 0 Å². The maximum absolute atomic E-state index is 12.7. The predicted octanol–water partition coefficient (Wildman–Crippen LogP) is 4.90. The molecule has 0 heterocycles. The van der Waals surface area contributed by atoms with E-state index < -0.39 is 35.3 Å². The molecule has 1 atom stereocenters. The van der Waals surface area contributed by atoms with Crippen LogP contribution in [0, 0.1) is 0 Å². The lowest BCUT2D eigenvalue weighted by molar-refractivity contribution is -0.139. The van der Waals surface area contributed by atoms with Crippen molar-refractivity contribution in [1.82, 2.24) is 5.32 Å². The van der Waals surface area contributed by atoms with Crippen LogP contribution in [0.4, 0.5) is 23.7 Å². The van der Waals surface area contributed by atoms with Crippen LogP contribution >= 0.6 is 23.4 Å². The summed E-state index contributed by atoms with van der Waals surface area (Å²) in [6.45, 7) is 0. The molecule has 0 aliphatic carbocycles. The van der Waals surface area contributed by atoms with Crippen molar-refractivity contribution in [2.45, 2.75) is 16.4 Å². The number of amides is 2. The molecule has 10 heteroatoms. The molecule has 2 amide bonds. The Kier molecular flexibility index (Phi) is 6.38. The number of anilines is 1. The standard InChI is InChI=1S/C16H12ClF3N2O3S/c17-9-5-7-10(8-6-9)21-15(25)22-13(14(23)24)11-3-1-2-4-12(11)26-16(18,19)20/h1-8,13H,(H,23,24)(H2,21,22,25). The summed E-state index contributed by atoms with van der Waals surface area (Å²) in [5.41, 5.74) is -4.42. The molecule has 2 aromatic rings. The lowest BCUT2D eigenvalue weighted by atomic mass is 10.1. The summed E-state index contributed by atoms with van der Waals surface area (Å²) < 4.78 is 38.0. The molecule has 0 aliphatic rings. The van der Waals surface area contributed by atoms with Crippen LogP contribution < -0.4 is 10.6 Å². The molecule has 0 saturated heterocycles. The van der Waals surface area contributed by atoms with Crippen LogP contribution in [0.25, 0.3) is 0 Å². The van der Waals surface area contributed by atoms with Gasteiger partial charge in [0.15, 0.2) is 6.04 Å². The van der Waals surface area contributed by atoms with E-state index in [0.29, 0.717) is 10.7 Å². The van der Waals surface area contributed by atoms with Gasteiger partial charge >= 0.3 is 17.5 Å². The SMILES string of the molecule is O=C(Nc1ccc(Cl)cc1)NC(C(=O)O)c1ccccc1SC(F)(F)F. The second-order valence-electron chi connectivity index (χ2n) is 4.96. The number of nitrogens with one attached hydrogen (secondary N) is 2. The Labute approximate surface area is 155 Å². The van der Waals surface area contributed by atoms with Gasteiger partial charge in [0.2, 0.25) is 0 Å². The van der Waals surface area contributed by atoms with Crippen LogP contribution in [-0.2, 0) is 4.79 Å². The number of carbonyl (C=O) groups is 2. The van der Waals surface area contributed by atoms with E-state index in [1.54, 1.807) is 0 Å². The lowest BCUT2D eigenvalue weighted by Crippen LogP contribution is -2.37. The number of hydrogen-bond acceptors (Lipinski definition) is 3. The van der Waals surface area contributed by atoms with Gasteiger partial charge in [-0.3, -0.25) is 0 Å². The molecule has 0 fully saturated rings. The van der Waals surface area contributed by atoms with E-state index in [-0.39, 0.29) is 10.5 Å². The fourth-order valence-electron chi connectivity index (χ4n) is 2.04. The molecule has 0 radical (unpaired) electrons.